The first-order valence-corrected chi connectivity index (χ1v) is 8.32. The molecule has 0 saturated heterocycles. The standard InChI is InChI=1S/C10H17N3O2S2/c1-16-10(4-2-3-5-10)8-13-17(14,15)9-6-11-12-7-9/h6-7,13H,2-5,8H2,1H3,(H,11,12). The highest BCUT2D eigenvalue weighted by Gasteiger charge is 2.34. The lowest BCUT2D eigenvalue weighted by Gasteiger charge is -2.26. The van der Waals surface area contributed by atoms with Crippen molar-refractivity contribution in [2.75, 3.05) is 12.8 Å². The van der Waals surface area contributed by atoms with E-state index in [1.54, 1.807) is 11.8 Å². The Balaban J connectivity index is 2.02. The van der Waals surface area contributed by atoms with Crippen LogP contribution in [0.2, 0.25) is 0 Å². The largest absolute Gasteiger partial charge is 0.284 e. The predicted octanol–water partition coefficient (Wildman–Crippen LogP) is 1.36. The summed E-state index contributed by atoms with van der Waals surface area (Å²) in [6, 6.07) is 0. The minimum atomic E-state index is -3.41. The van der Waals surface area contributed by atoms with E-state index in [4.69, 9.17) is 0 Å². The lowest BCUT2D eigenvalue weighted by Crippen LogP contribution is -2.38. The molecule has 2 rings (SSSR count). The van der Waals surface area contributed by atoms with E-state index in [0.29, 0.717) is 6.54 Å². The average Bonchev–Trinajstić information content (AvgIpc) is 2.99. The molecule has 96 valence electrons. The second-order valence-corrected chi connectivity index (χ2v) is 7.39. The summed E-state index contributed by atoms with van der Waals surface area (Å²) in [6.07, 6.45) is 9.32. The van der Waals surface area contributed by atoms with Crippen LogP contribution in [0.3, 0.4) is 0 Å². The summed E-state index contributed by atoms with van der Waals surface area (Å²) >= 11 is 1.77. The third-order valence-electron chi connectivity index (χ3n) is 3.32. The molecule has 1 heterocycles. The van der Waals surface area contributed by atoms with Gasteiger partial charge in [-0.2, -0.15) is 16.9 Å². The molecule has 1 aliphatic rings. The van der Waals surface area contributed by atoms with Crippen LogP contribution in [0.5, 0.6) is 0 Å². The molecule has 0 spiro atoms. The van der Waals surface area contributed by atoms with Crippen molar-refractivity contribution in [1.29, 1.82) is 0 Å². The number of nitrogens with zero attached hydrogens (tertiary/aromatic N) is 1. The Morgan fingerprint density at radius 1 is 1.53 bits per heavy atom. The van der Waals surface area contributed by atoms with Crippen molar-refractivity contribution in [2.45, 2.75) is 35.3 Å². The molecule has 5 nitrogen and oxygen atoms in total. The van der Waals surface area contributed by atoms with Crippen molar-refractivity contribution < 1.29 is 8.42 Å². The first-order valence-electron chi connectivity index (χ1n) is 5.62. The van der Waals surface area contributed by atoms with E-state index in [1.807, 2.05) is 0 Å². The van der Waals surface area contributed by atoms with Crippen LogP contribution in [0.4, 0.5) is 0 Å². The lowest BCUT2D eigenvalue weighted by atomic mass is 10.1. The van der Waals surface area contributed by atoms with Gasteiger partial charge in [0.05, 0.1) is 6.20 Å². The molecular weight excluding hydrogens is 258 g/mol. The van der Waals surface area contributed by atoms with Gasteiger partial charge in [-0.15, -0.1) is 0 Å². The predicted molar refractivity (Wildman–Crippen MR) is 68.5 cm³/mol. The van der Waals surface area contributed by atoms with E-state index in [0.717, 1.165) is 12.8 Å². The normalized spacial score (nSPS) is 19.6. The summed E-state index contributed by atoms with van der Waals surface area (Å²) in [7, 11) is -3.41. The SMILES string of the molecule is CSC1(CNS(=O)(=O)c2cn[nH]c2)CCCC1. The number of rotatable bonds is 5. The molecule has 2 N–H and O–H groups in total. The zero-order valence-corrected chi connectivity index (χ0v) is 11.4. The van der Waals surface area contributed by atoms with Crippen molar-refractivity contribution in [2.24, 2.45) is 0 Å². The molecule has 17 heavy (non-hydrogen) atoms. The maximum Gasteiger partial charge on any atom is 0.243 e. The van der Waals surface area contributed by atoms with Gasteiger partial charge < -0.3 is 0 Å². The fourth-order valence-corrected chi connectivity index (χ4v) is 4.21. The van der Waals surface area contributed by atoms with Gasteiger partial charge >= 0.3 is 0 Å². The Labute approximate surface area is 106 Å². The summed E-state index contributed by atoms with van der Waals surface area (Å²) in [5.41, 5.74) is 0. The summed E-state index contributed by atoms with van der Waals surface area (Å²) in [4.78, 5) is 0.201. The number of aromatic amines is 1. The van der Waals surface area contributed by atoms with Gasteiger partial charge in [-0.25, -0.2) is 13.1 Å². The second-order valence-electron chi connectivity index (χ2n) is 4.35. The van der Waals surface area contributed by atoms with Gasteiger partial charge in [-0.1, -0.05) is 12.8 Å². The maximum atomic E-state index is 11.9. The third kappa shape index (κ3) is 2.83. The van der Waals surface area contributed by atoms with Crippen LogP contribution in [0, 0.1) is 0 Å². The van der Waals surface area contributed by atoms with Gasteiger partial charge in [-0.3, -0.25) is 5.10 Å². The Morgan fingerprint density at radius 2 is 2.24 bits per heavy atom. The molecule has 0 bridgehead atoms. The van der Waals surface area contributed by atoms with Crippen molar-refractivity contribution in [3.05, 3.63) is 12.4 Å². The molecule has 1 aromatic heterocycles. The van der Waals surface area contributed by atoms with Gasteiger partial charge in [-0.05, 0) is 19.1 Å². The lowest BCUT2D eigenvalue weighted by molar-refractivity contribution is 0.551. The summed E-state index contributed by atoms with van der Waals surface area (Å²) < 4.78 is 26.6. The Hall–Kier alpha value is -0.530. The van der Waals surface area contributed by atoms with E-state index in [1.165, 1.54) is 25.2 Å². The number of aromatic nitrogens is 2. The Morgan fingerprint density at radius 3 is 2.76 bits per heavy atom. The zero-order valence-electron chi connectivity index (χ0n) is 9.77. The third-order valence-corrected chi connectivity index (χ3v) is 6.10. The monoisotopic (exact) mass is 275 g/mol. The van der Waals surface area contributed by atoms with Crippen molar-refractivity contribution in [3.63, 3.8) is 0 Å². The van der Waals surface area contributed by atoms with Crippen LogP contribution < -0.4 is 4.72 Å². The van der Waals surface area contributed by atoms with Crippen LogP contribution in [0.1, 0.15) is 25.7 Å². The molecule has 0 amide bonds. The van der Waals surface area contributed by atoms with Crippen molar-refractivity contribution >= 4 is 21.8 Å². The van der Waals surface area contributed by atoms with E-state index in [-0.39, 0.29) is 9.64 Å². The number of thioether (sulfide) groups is 1. The molecular formula is C10H17N3O2S2. The Kier molecular flexibility index (Phi) is 3.79. The van der Waals surface area contributed by atoms with E-state index >= 15 is 0 Å². The van der Waals surface area contributed by atoms with Crippen LogP contribution >= 0.6 is 11.8 Å². The van der Waals surface area contributed by atoms with Crippen LogP contribution in [0.25, 0.3) is 0 Å². The molecule has 0 aromatic carbocycles. The molecule has 1 fully saturated rings. The number of sulfonamides is 1. The molecule has 0 aliphatic heterocycles. The maximum absolute atomic E-state index is 11.9. The summed E-state index contributed by atoms with van der Waals surface area (Å²) in [6.45, 7) is 0.502. The van der Waals surface area contributed by atoms with Gasteiger partial charge in [0.2, 0.25) is 10.0 Å². The fourth-order valence-electron chi connectivity index (χ4n) is 2.17. The zero-order chi connectivity index (χ0) is 12.4. The minimum absolute atomic E-state index is 0.0802. The molecule has 0 unspecified atom stereocenters. The van der Waals surface area contributed by atoms with Crippen LogP contribution in [0.15, 0.2) is 17.3 Å². The van der Waals surface area contributed by atoms with E-state index in [9.17, 15) is 8.42 Å². The van der Waals surface area contributed by atoms with Gasteiger partial charge in [0.1, 0.15) is 4.90 Å². The van der Waals surface area contributed by atoms with E-state index in [2.05, 4.69) is 21.2 Å². The molecule has 0 radical (unpaired) electrons. The van der Waals surface area contributed by atoms with Gasteiger partial charge in [0.15, 0.2) is 0 Å². The van der Waals surface area contributed by atoms with Crippen LogP contribution in [-0.4, -0.2) is 36.2 Å². The average molecular weight is 275 g/mol. The fraction of sp³-hybridized carbons (Fsp3) is 0.700. The molecule has 7 heteroatoms. The Bertz CT molecular complexity index is 450. The minimum Gasteiger partial charge on any atom is -0.284 e. The topological polar surface area (TPSA) is 74.8 Å². The number of hydrogen-bond acceptors (Lipinski definition) is 4. The van der Waals surface area contributed by atoms with E-state index < -0.39 is 10.0 Å². The molecule has 0 atom stereocenters. The number of H-pyrrole nitrogens is 1. The highest BCUT2D eigenvalue weighted by atomic mass is 32.2. The number of hydrogen-bond donors (Lipinski definition) is 2. The molecule has 1 saturated carbocycles. The summed E-state index contributed by atoms with van der Waals surface area (Å²) in [5.74, 6) is 0. The highest BCUT2D eigenvalue weighted by Crippen LogP contribution is 2.39. The van der Waals surface area contributed by atoms with Crippen molar-refractivity contribution in [3.8, 4) is 0 Å². The van der Waals surface area contributed by atoms with Crippen molar-refractivity contribution in [1.82, 2.24) is 14.9 Å². The number of nitrogens with one attached hydrogen (secondary N) is 2. The quantitative estimate of drug-likeness (QED) is 0.851. The highest BCUT2D eigenvalue weighted by molar-refractivity contribution is 8.00. The summed E-state index contributed by atoms with van der Waals surface area (Å²) in [5, 5.41) is 6.17. The smallest absolute Gasteiger partial charge is 0.243 e. The first kappa shape index (κ1) is 12.9. The second kappa shape index (κ2) is 4.99. The van der Waals surface area contributed by atoms with Gasteiger partial charge in [0, 0.05) is 17.5 Å². The first-order chi connectivity index (χ1) is 8.08. The molecule has 1 aromatic rings. The van der Waals surface area contributed by atoms with Crippen LogP contribution in [-0.2, 0) is 10.0 Å². The molecule has 1 aliphatic carbocycles. The van der Waals surface area contributed by atoms with Gasteiger partial charge in [0.25, 0.3) is 0 Å².